The molecule has 0 aliphatic carbocycles. The van der Waals surface area contributed by atoms with E-state index in [9.17, 15) is 14.3 Å². The van der Waals surface area contributed by atoms with Crippen molar-refractivity contribution < 1.29 is 14.6 Å². The first-order chi connectivity index (χ1) is 16.0. The molecule has 0 amide bonds. The molecule has 1 aromatic carbocycles. The van der Waals surface area contributed by atoms with Crippen molar-refractivity contribution in [2.75, 3.05) is 18.5 Å². The SMILES string of the molecule is O=c1cc(-c2ccnc(Nc3ccnn3CCO)n2)ccn1[C@H](CO)c1ccc(Cl)c(F)c1. The quantitative estimate of drug-likeness (QED) is 0.362. The van der Waals surface area contributed by atoms with Crippen LogP contribution in [-0.4, -0.2) is 47.7 Å². The van der Waals surface area contributed by atoms with Crippen LogP contribution in [0.3, 0.4) is 0 Å². The molecule has 3 N–H and O–H groups in total. The van der Waals surface area contributed by atoms with Crippen molar-refractivity contribution in [3.05, 3.63) is 87.8 Å². The Hall–Kier alpha value is -3.60. The largest absolute Gasteiger partial charge is 0.394 e. The molecule has 0 fully saturated rings. The summed E-state index contributed by atoms with van der Waals surface area (Å²) in [4.78, 5) is 21.5. The molecule has 1 atom stereocenters. The molecule has 4 aromatic rings. The molecule has 0 saturated carbocycles. The lowest BCUT2D eigenvalue weighted by Gasteiger charge is -2.18. The van der Waals surface area contributed by atoms with Gasteiger partial charge in [0.1, 0.15) is 11.6 Å². The Labute approximate surface area is 192 Å². The number of hydrogen-bond donors (Lipinski definition) is 3. The van der Waals surface area contributed by atoms with E-state index in [4.69, 9.17) is 16.7 Å². The van der Waals surface area contributed by atoms with Crippen LogP contribution in [-0.2, 0) is 6.54 Å². The highest BCUT2D eigenvalue weighted by molar-refractivity contribution is 6.30. The van der Waals surface area contributed by atoms with Crippen molar-refractivity contribution in [2.45, 2.75) is 12.6 Å². The number of nitrogens with zero attached hydrogens (tertiary/aromatic N) is 5. The minimum atomic E-state index is -0.771. The fourth-order valence-electron chi connectivity index (χ4n) is 3.39. The number of halogens is 2. The Bertz CT molecular complexity index is 1330. The zero-order valence-corrected chi connectivity index (χ0v) is 18.0. The molecule has 33 heavy (non-hydrogen) atoms. The van der Waals surface area contributed by atoms with Gasteiger partial charge in [0.2, 0.25) is 5.95 Å². The Morgan fingerprint density at radius 3 is 2.70 bits per heavy atom. The normalized spacial score (nSPS) is 12.0. The second-order valence-corrected chi connectivity index (χ2v) is 7.49. The summed E-state index contributed by atoms with van der Waals surface area (Å²) in [6, 6.07) is 9.83. The maximum Gasteiger partial charge on any atom is 0.251 e. The Balaban J connectivity index is 1.61. The standard InChI is InChI=1S/C22H20ClFN6O3/c23-16-2-1-15(11-17(16)24)19(13-32)29-8-5-14(12-21(29)33)18-3-6-25-22(27-18)28-20-4-7-26-30(20)9-10-31/h1-8,11-12,19,31-32H,9-10,13H2,(H,25,27,28)/t19-/m1/s1. The molecule has 4 rings (SSSR count). The molecule has 0 spiro atoms. The zero-order valence-electron chi connectivity index (χ0n) is 17.3. The predicted molar refractivity (Wildman–Crippen MR) is 121 cm³/mol. The van der Waals surface area contributed by atoms with Crippen LogP contribution in [0, 0.1) is 5.82 Å². The maximum absolute atomic E-state index is 13.9. The lowest BCUT2D eigenvalue weighted by molar-refractivity contribution is 0.247. The molecule has 3 heterocycles. The van der Waals surface area contributed by atoms with Gasteiger partial charge in [-0.15, -0.1) is 0 Å². The van der Waals surface area contributed by atoms with Crippen molar-refractivity contribution in [1.82, 2.24) is 24.3 Å². The number of aromatic nitrogens is 5. The summed E-state index contributed by atoms with van der Waals surface area (Å²) in [7, 11) is 0. The first-order valence-electron chi connectivity index (χ1n) is 10.0. The number of benzene rings is 1. The summed E-state index contributed by atoms with van der Waals surface area (Å²) in [6.45, 7) is -0.148. The van der Waals surface area contributed by atoms with Crippen molar-refractivity contribution >= 4 is 23.4 Å². The van der Waals surface area contributed by atoms with Gasteiger partial charge in [-0.3, -0.25) is 4.79 Å². The van der Waals surface area contributed by atoms with Gasteiger partial charge in [-0.1, -0.05) is 17.7 Å². The number of anilines is 2. The van der Waals surface area contributed by atoms with E-state index in [1.165, 1.54) is 29.0 Å². The van der Waals surface area contributed by atoms with E-state index in [1.807, 2.05) is 0 Å². The van der Waals surface area contributed by atoms with Crippen molar-refractivity contribution in [3.8, 4) is 11.3 Å². The summed E-state index contributed by atoms with van der Waals surface area (Å²) in [5.74, 6) is 0.275. The van der Waals surface area contributed by atoms with Gasteiger partial charge in [-0.2, -0.15) is 5.10 Å². The monoisotopic (exact) mass is 470 g/mol. The van der Waals surface area contributed by atoms with Gasteiger partial charge in [-0.25, -0.2) is 19.0 Å². The van der Waals surface area contributed by atoms with Gasteiger partial charge < -0.3 is 20.1 Å². The number of pyridine rings is 1. The number of aliphatic hydroxyl groups is 2. The Morgan fingerprint density at radius 2 is 1.97 bits per heavy atom. The summed E-state index contributed by atoms with van der Waals surface area (Å²) in [5, 5.41) is 26.1. The van der Waals surface area contributed by atoms with Crippen molar-refractivity contribution in [2.24, 2.45) is 0 Å². The van der Waals surface area contributed by atoms with Crippen LogP contribution >= 0.6 is 11.6 Å². The predicted octanol–water partition coefficient (Wildman–Crippen LogP) is 2.61. The van der Waals surface area contributed by atoms with Crippen molar-refractivity contribution in [3.63, 3.8) is 0 Å². The molecule has 11 heteroatoms. The second-order valence-electron chi connectivity index (χ2n) is 7.09. The number of rotatable bonds is 8. The highest BCUT2D eigenvalue weighted by Crippen LogP contribution is 2.23. The van der Waals surface area contributed by atoms with Gasteiger partial charge >= 0.3 is 0 Å². The lowest BCUT2D eigenvalue weighted by atomic mass is 10.1. The van der Waals surface area contributed by atoms with E-state index in [2.05, 4.69) is 20.4 Å². The highest BCUT2D eigenvalue weighted by Gasteiger charge is 2.17. The molecule has 0 bridgehead atoms. The first kappa shape index (κ1) is 22.6. The molecule has 0 aliphatic rings. The molecule has 3 aromatic heterocycles. The van der Waals surface area contributed by atoms with E-state index in [1.54, 1.807) is 41.3 Å². The summed E-state index contributed by atoms with van der Waals surface area (Å²) >= 11 is 5.74. The molecular formula is C22H20ClFN6O3. The Morgan fingerprint density at radius 1 is 1.12 bits per heavy atom. The third kappa shape index (κ3) is 4.92. The van der Waals surface area contributed by atoms with Crippen LogP contribution in [0.15, 0.2) is 65.8 Å². The van der Waals surface area contributed by atoms with E-state index in [0.717, 1.165) is 0 Å². The lowest BCUT2D eigenvalue weighted by Crippen LogP contribution is -2.27. The Kier molecular flexibility index (Phi) is 6.78. The fourth-order valence-corrected chi connectivity index (χ4v) is 3.50. The van der Waals surface area contributed by atoms with Crippen LogP contribution in [0.5, 0.6) is 0 Å². The third-order valence-corrected chi connectivity index (χ3v) is 5.31. The van der Waals surface area contributed by atoms with Gasteiger partial charge in [0, 0.05) is 30.1 Å². The summed E-state index contributed by atoms with van der Waals surface area (Å²) in [5.41, 5.74) is 1.07. The fraction of sp³-hybridized carbons (Fsp3) is 0.182. The van der Waals surface area contributed by atoms with E-state index in [-0.39, 0.29) is 11.6 Å². The molecule has 0 radical (unpaired) electrons. The smallest absolute Gasteiger partial charge is 0.251 e. The van der Waals surface area contributed by atoms with Crippen LogP contribution in [0.1, 0.15) is 11.6 Å². The van der Waals surface area contributed by atoms with E-state index in [0.29, 0.717) is 35.1 Å². The second kappa shape index (κ2) is 9.90. The minimum absolute atomic E-state index is 0.0364. The molecule has 0 saturated heterocycles. The number of hydrogen-bond acceptors (Lipinski definition) is 7. The van der Waals surface area contributed by atoms with Gasteiger partial charge in [0.05, 0.1) is 42.7 Å². The third-order valence-electron chi connectivity index (χ3n) is 5.00. The summed E-state index contributed by atoms with van der Waals surface area (Å²) < 4.78 is 16.8. The van der Waals surface area contributed by atoms with Crippen LogP contribution in [0.25, 0.3) is 11.3 Å². The van der Waals surface area contributed by atoms with Gasteiger partial charge in [-0.05, 0) is 29.8 Å². The molecule has 0 aliphatic heterocycles. The van der Waals surface area contributed by atoms with Crippen LogP contribution < -0.4 is 10.9 Å². The van der Waals surface area contributed by atoms with Crippen LogP contribution in [0.2, 0.25) is 5.02 Å². The first-order valence-corrected chi connectivity index (χ1v) is 10.4. The van der Waals surface area contributed by atoms with Gasteiger partial charge in [0.25, 0.3) is 5.56 Å². The minimum Gasteiger partial charge on any atom is -0.394 e. The maximum atomic E-state index is 13.9. The van der Waals surface area contributed by atoms with Crippen molar-refractivity contribution in [1.29, 1.82) is 0 Å². The molecule has 170 valence electrons. The summed E-state index contributed by atoms with van der Waals surface area (Å²) in [6.07, 6.45) is 4.66. The molecule has 9 nitrogen and oxygen atoms in total. The average molecular weight is 471 g/mol. The topological polar surface area (TPSA) is 118 Å². The number of aliphatic hydroxyl groups excluding tert-OH is 2. The molecule has 0 unspecified atom stereocenters. The van der Waals surface area contributed by atoms with Gasteiger partial charge in [0.15, 0.2) is 0 Å². The van der Waals surface area contributed by atoms with E-state index >= 15 is 0 Å². The number of nitrogens with one attached hydrogen (secondary N) is 1. The highest BCUT2D eigenvalue weighted by atomic mass is 35.5. The zero-order chi connectivity index (χ0) is 23.4. The van der Waals surface area contributed by atoms with E-state index < -0.39 is 24.0 Å². The van der Waals surface area contributed by atoms with Crippen LogP contribution in [0.4, 0.5) is 16.2 Å². The average Bonchev–Trinajstić information content (AvgIpc) is 3.24. The molecular weight excluding hydrogens is 451 g/mol.